The third-order valence-electron chi connectivity index (χ3n) is 4.10. The largest absolute Gasteiger partial charge is 0.481 e. The highest BCUT2D eigenvalue weighted by atomic mass is 16.4. The first kappa shape index (κ1) is 16.0. The topological polar surface area (TPSA) is 66.4 Å². The Hall–Kier alpha value is -1.06. The fraction of sp³-hybridized carbons (Fsp3) is 0.867. The molecular formula is C15H27NO3. The molecule has 0 unspecified atom stereocenters. The van der Waals surface area contributed by atoms with Gasteiger partial charge in [-0.25, -0.2) is 0 Å². The zero-order valence-corrected chi connectivity index (χ0v) is 12.2. The highest BCUT2D eigenvalue weighted by Crippen LogP contribution is 2.25. The molecule has 0 aliphatic heterocycles. The molecule has 1 saturated carbocycles. The lowest BCUT2D eigenvalue weighted by molar-refractivity contribution is -0.147. The summed E-state index contributed by atoms with van der Waals surface area (Å²) < 4.78 is 0. The van der Waals surface area contributed by atoms with Crippen LogP contribution in [0.1, 0.15) is 65.2 Å². The summed E-state index contributed by atoms with van der Waals surface area (Å²) in [5.74, 6) is -0.214. The molecule has 1 fully saturated rings. The molecule has 0 aromatic rings. The summed E-state index contributed by atoms with van der Waals surface area (Å²) >= 11 is 0. The Morgan fingerprint density at radius 3 is 2.26 bits per heavy atom. The van der Waals surface area contributed by atoms with Crippen LogP contribution in [0, 0.1) is 11.3 Å². The first-order valence-corrected chi connectivity index (χ1v) is 7.42. The lowest BCUT2D eigenvalue weighted by Gasteiger charge is -2.19. The van der Waals surface area contributed by atoms with Gasteiger partial charge < -0.3 is 10.4 Å². The van der Waals surface area contributed by atoms with E-state index < -0.39 is 11.4 Å². The number of hydrogen-bond acceptors (Lipinski definition) is 2. The van der Waals surface area contributed by atoms with Crippen LogP contribution in [-0.4, -0.2) is 23.5 Å². The van der Waals surface area contributed by atoms with Gasteiger partial charge in [-0.1, -0.05) is 25.7 Å². The van der Waals surface area contributed by atoms with Crippen molar-refractivity contribution in [3.8, 4) is 0 Å². The molecule has 4 nitrogen and oxygen atoms in total. The minimum Gasteiger partial charge on any atom is -0.481 e. The lowest BCUT2D eigenvalue weighted by atomic mass is 9.89. The summed E-state index contributed by atoms with van der Waals surface area (Å²) in [5, 5.41) is 11.8. The van der Waals surface area contributed by atoms with Crippen LogP contribution in [0.5, 0.6) is 0 Å². The van der Waals surface area contributed by atoms with E-state index in [2.05, 4.69) is 5.32 Å². The molecule has 0 atom stereocenters. The highest BCUT2D eigenvalue weighted by molar-refractivity contribution is 5.76. The van der Waals surface area contributed by atoms with E-state index in [1.165, 1.54) is 25.7 Å². The van der Waals surface area contributed by atoms with E-state index in [0.717, 1.165) is 12.8 Å². The van der Waals surface area contributed by atoms with Crippen LogP contribution < -0.4 is 5.32 Å². The molecule has 19 heavy (non-hydrogen) atoms. The average Bonchev–Trinajstić information content (AvgIpc) is 2.57. The van der Waals surface area contributed by atoms with Crippen LogP contribution >= 0.6 is 0 Å². The molecule has 1 aliphatic rings. The predicted octanol–water partition coefficient (Wildman–Crippen LogP) is 2.96. The van der Waals surface area contributed by atoms with Crippen molar-refractivity contribution < 1.29 is 14.7 Å². The molecule has 1 amide bonds. The minimum atomic E-state index is -0.814. The van der Waals surface area contributed by atoms with Gasteiger partial charge >= 0.3 is 5.97 Å². The Labute approximate surface area is 116 Å². The third kappa shape index (κ3) is 6.08. The number of carbonyl (C=O) groups is 2. The summed E-state index contributed by atoms with van der Waals surface area (Å²) in [6.45, 7) is 3.82. The molecule has 0 aromatic heterocycles. The Bertz CT molecular complexity index is 305. The molecule has 0 heterocycles. The van der Waals surface area contributed by atoms with Gasteiger partial charge in [-0.3, -0.25) is 9.59 Å². The number of carboxylic acids is 1. The van der Waals surface area contributed by atoms with E-state index in [1.807, 2.05) is 0 Å². The average molecular weight is 269 g/mol. The maximum atomic E-state index is 11.8. The SMILES string of the molecule is CC(C)(CCNC(=O)CC1CCCCCC1)C(=O)O. The molecule has 1 aliphatic carbocycles. The zero-order chi connectivity index (χ0) is 14.3. The second-order valence-electron chi connectivity index (χ2n) is 6.35. The Morgan fingerprint density at radius 2 is 1.74 bits per heavy atom. The summed E-state index contributed by atoms with van der Waals surface area (Å²) in [6.07, 6.45) is 8.47. The van der Waals surface area contributed by atoms with E-state index in [4.69, 9.17) is 5.11 Å². The van der Waals surface area contributed by atoms with E-state index in [-0.39, 0.29) is 5.91 Å². The standard InChI is InChI=1S/C15H27NO3/c1-15(2,14(18)19)9-10-16-13(17)11-12-7-5-3-4-6-8-12/h12H,3-11H2,1-2H3,(H,16,17)(H,18,19). The number of carboxylic acid groups (broad SMARTS) is 1. The first-order chi connectivity index (χ1) is 8.92. The van der Waals surface area contributed by atoms with Gasteiger partial charge in [-0.2, -0.15) is 0 Å². The maximum Gasteiger partial charge on any atom is 0.309 e. The van der Waals surface area contributed by atoms with Crippen molar-refractivity contribution >= 4 is 11.9 Å². The summed E-state index contributed by atoms with van der Waals surface area (Å²) in [4.78, 5) is 22.8. The lowest BCUT2D eigenvalue weighted by Crippen LogP contribution is -2.32. The number of nitrogens with one attached hydrogen (secondary N) is 1. The number of amides is 1. The Balaban J connectivity index is 2.22. The van der Waals surface area contributed by atoms with Crippen molar-refractivity contribution in [2.45, 2.75) is 65.2 Å². The smallest absolute Gasteiger partial charge is 0.309 e. The molecular weight excluding hydrogens is 242 g/mol. The fourth-order valence-corrected chi connectivity index (χ4v) is 2.52. The van der Waals surface area contributed by atoms with Crippen molar-refractivity contribution in [2.24, 2.45) is 11.3 Å². The Kier molecular flexibility index (Phi) is 6.32. The van der Waals surface area contributed by atoms with Crippen molar-refractivity contribution in [3.05, 3.63) is 0 Å². The van der Waals surface area contributed by atoms with Gasteiger partial charge in [0.2, 0.25) is 5.91 Å². The summed E-state index contributed by atoms with van der Waals surface area (Å²) in [5.41, 5.74) is -0.768. The Morgan fingerprint density at radius 1 is 1.16 bits per heavy atom. The van der Waals surface area contributed by atoms with Gasteiger partial charge in [-0.15, -0.1) is 0 Å². The number of carbonyl (C=O) groups excluding carboxylic acids is 1. The van der Waals surface area contributed by atoms with Crippen LogP contribution in [0.15, 0.2) is 0 Å². The van der Waals surface area contributed by atoms with Crippen molar-refractivity contribution in [2.75, 3.05) is 6.54 Å². The van der Waals surface area contributed by atoms with E-state index in [1.54, 1.807) is 13.8 Å². The monoisotopic (exact) mass is 269 g/mol. The predicted molar refractivity (Wildman–Crippen MR) is 74.9 cm³/mol. The van der Waals surface area contributed by atoms with Crippen LogP contribution in [0.3, 0.4) is 0 Å². The summed E-state index contributed by atoms with van der Waals surface area (Å²) in [6, 6.07) is 0. The third-order valence-corrected chi connectivity index (χ3v) is 4.10. The van der Waals surface area contributed by atoms with Crippen molar-refractivity contribution in [1.82, 2.24) is 5.32 Å². The van der Waals surface area contributed by atoms with Gasteiger partial charge in [0.25, 0.3) is 0 Å². The quantitative estimate of drug-likeness (QED) is 0.728. The van der Waals surface area contributed by atoms with Crippen LogP contribution in [0.2, 0.25) is 0 Å². The van der Waals surface area contributed by atoms with E-state index >= 15 is 0 Å². The van der Waals surface area contributed by atoms with Gasteiger partial charge in [0.05, 0.1) is 5.41 Å². The van der Waals surface area contributed by atoms with Crippen molar-refractivity contribution in [1.29, 1.82) is 0 Å². The molecule has 0 bridgehead atoms. The number of aliphatic carboxylic acids is 1. The normalized spacial score (nSPS) is 17.8. The van der Waals surface area contributed by atoms with Gasteiger partial charge in [0, 0.05) is 13.0 Å². The number of hydrogen-bond donors (Lipinski definition) is 2. The molecule has 0 aromatic carbocycles. The van der Waals surface area contributed by atoms with E-state index in [9.17, 15) is 9.59 Å². The second kappa shape index (κ2) is 7.51. The van der Waals surface area contributed by atoms with Crippen LogP contribution in [-0.2, 0) is 9.59 Å². The highest BCUT2D eigenvalue weighted by Gasteiger charge is 2.26. The molecule has 4 heteroatoms. The van der Waals surface area contributed by atoms with Crippen LogP contribution in [0.4, 0.5) is 0 Å². The first-order valence-electron chi connectivity index (χ1n) is 7.42. The molecule has 2 N–H and O–H groups in total. The van der Waals surface area contributed by atoms with Crippen molar-refractivity contribution in [3.63, 3.8) is 0 Å². The minimum absolute atomic E-state index is 0.0769. The zero-order valence-electron chi connectivity index (χ0n) is 12.2. The molecule has 0 radical (unpaired) electrons. The number of rotatable bonds is 6. The van der Waals surface area contributed by atoms with Gasteiger partial charge in [0.15, 0.2) is 0 Å². The van der Waals surface area contributed by atoms with E-state index in [0.29, 0.717) is 25.3 Å². The van der Waals surface area contributed by atoms with Gasteiger partial charge in [0.1, 0.15) is 0 Å². The second-order valence-corrected chi connectivity index (χ2v) is 6.35. The fourth-order valence-electron chi connectivity index (χ4n) is 2.52. The molecule has 0 saturated heterocycles. The molecule has 0 spiro atoms. The van der Waals surface area contributed by atoms with Crippen LogP contribution in [0.25, 0.3) is 0 Å². The molecule has 1 rings (SSSR count). The van der Waals surface area contributed by atoms with Gasteiger partial charge in [-0.05, 0) is 39.0 Å². The summed E-state index contributed by atoms with van der Waals surface area (Å²) in [7, 11) is 0. The molecule has 110 valence electrons. The maximum absolute atomic E-state index is 11.8.